The molecule has 0 bridgehead atoms. The Morgan fingerprint density at radius 2 is 2.00 bits per heavy atom. The standard InChI is InChI=1S/C24H28BrCl2N3O3/c1-14(2)13-32-21-17(10-29-23(31)33-24(3,4)5)18(12-30-20(25)11-28-22(21)30)16-7-6-15(9-26)8-19(16)27/h6-8,11-12,14H,9-10,13H2,1-5H3,(H,29,31). The van der Waals surface area contributed by atoms with Gasteiger partial charge in [-0.1, -0.05) is 37.6 Å². The average Bonchev–Trinajstić information content (AvgIpc) is 3.09. The Morgan fingerprint density at radius 3 is 2.61 bits per heavy atom. The van der Waals surface area contributed by atoms with Crippen molar-refractivity contribution >= 4 is 50.9 Å². The Labute approximate surface area is 212 Å². The summed E-state index contributed by atoms with van der Waals surface area (Å²) in [7, 11) is 0. The number of fused-ring (bicyclic) bond motifs is 1. The van der Waals surface area contributed by atoms with E-state index in [2.05, 4.69) is 40.1 Å². The quantitative estimate of drug-likeness (QED) is 0.312. The SMILES string of the molecule is CC(C)COc1c(CNC(=O)OC(C)(C)C)c(-c2ccc(CCl)cc2Cl)cn2c(Br)cnc12. The number of pyridine rings is 1. The molecule has 1 N–H and O–H groups in total. The molecule has 0 aliphatic carbocycles. The number of imidazole rings is 1. The van der Waals surface area contributed by atoms with E-state index in [1.165, 1.54) is 0 Å². The number of hydrogen-bond acceptors (Lipinski definition) is 4. The molecule has 2 aromatic heterocycles. The Morgan fingerprint density at radius 1 is 1.27 bits per heavy atom. The van der Waals surface area contributed by atoms with E-state index in [1.54, 1.807) is 6.20 Å². The van der Waals surface area contributed by atoms with Gasteiger partial charge in [-0.3, -0.25) is 4.40 Å². The molecule has 33 heavy (non-hydrogen) atoms. The van der Waals surface area contributed by atoms with Crippen molar-refractivity contribution in [1.82, 2.24) is 14.7 Å². The van der Waals surface area contributed by atoms with Gasteiger partial charge in [0.1, 0.15) is 10.2 Å². The molecule has 178 valence electrons. The van der Waals surface area contributed by atoms with E-state index < -0.39 is 11.7 Å². The predicted molar refractivity (Wildman–Crippen MR) is 136 cm³/mol. The molecule has 0 spiro atoms. The number of amides is 1. The third-order valence-electron chi connectivity index (χ3n) is 4.66. The molecule has 1 aromatic carbocycles. The summed E-state index contributed by atoms with van der Waals surface area (Å²) in [5.74, 6) is 1.24. The average molecular weight is 557 g/mol. The fourth-order valence-electron chi connectivity index (χ4n) is 3.24. The van der Waals surface area contributed by atoms with Crippen LogP contribution in [0.5, 0.6) is 5.75 Å². The number of carbonyl (C=O) groups is 1. The van der Waals surface area contributed by atoms with Crippen molar-refractivity contribution in [3.05, 3.63) is 51.3 Å². The summed E-state index contributed by atoms with van der Waals surface area (Å²) in [5, 5.41) is 3.41. The number of benzene rings is 1. The zero-order chi connectivity index (χ0) is 24.3. The number of hydrogen-bond donors (Lipinski definition) is 1. The smallest absolute Gasteiger partial charge is 0.407 e. The van der Waals surface area contributed by atoms with Gasteiger partial charge in [-0.15, -0.1) is 11.6 Å². The molecule has 0 saturated heterocycles. The number of carbonyl (C=O) groups excluding carboxylic acids is 1. The first-order valence-corrected chi connectivity index (χ1v) is 12.3. The van der Waals surface area contributed by atoms with Crippen LogP contribution in [0.4, 0.5) is 4.79 Å². The van der Waals surface area contributed by atoms with Crippen LogP contribution in [-0.4, -0.2) is 27.7 Å². The zero-order valence-corrected chi connectivity index (χ0v) is 22.4. The lowest BCUT2D eigenvalue weighted by Crippen LogP contribution is -2.32. The van der Waals surface area contributed by atoms with Crippen LogP contribution in [0.2, 0.25) is 5.02 Å². The van der Waals surface area contributed by atoms with E-state index in [4.69, 9.17) is 32.7 Å². The Bertz CT molecular complexity index is 1160. The lowest BCUT2D eigenvalue weighted by atomic mass is 9.99. The van der Waals surface area contributed by atoms with Crippen LogP contribution in [0.15, 0.2) is 35.2 Å². The minimum Gasteiger partial charge on any atom is -0.489 e. The Hall–Kier alpha value is -1.96. The van der Waals surface area contributed by atoms with Crippen molar-refractivity contribution in [3.63, 3.8) is 0 Å². The number of nitrogens with zero attached hydrogens (tertiary/aromatic N) is 2. The number of halogens is 3. The molecule has 2 heterocycles. The third-order valence-corrected chi connectivity index (χ3v) is 5.87. The second-order valence-corrected chi connectivity index (χ2v) is 10.6. The number of nitrogens with one attached hydrogen (secondary N) is 1. The summed E-state index contributed by atoms with van der Waals surface area (Å²) in [5.41, 5.74) is 3.31. The van der Waals surface area contributed by atoms with Gasteiger partial charge in [-0.2, -0.15) is 0 Å². The molecule has 3 rings (SSSR count). The fourth-order valence-corrected chi connectivity index (χ4v) is 4.08. The maximum Gasteiger partial charge on any atom is 0.407 e. The van der Waals surface area contributed by atoms with Crippen LogP contribution in [-0.2, 0) is 17.2 Å². The largest absolute Gasteiger partial charge is 0.489 e. The molecular formula is C24H28BrCl2N3O3. The van der Waals surface area contributed by atoms with Crippen molar-refractivity contribution in [3.8, 4) is 16.9 Å². The summed E-state index contributed by atoms with van der Waals surface area (Å²) < 4.78 is 14.3. The molecule has 0 aliphatic heterocycles. The number of rotatable bonds is 7. The highest BCUT2D eigenvalue weighted by Crippen LogP contribution is 2.39. The molecule has 9 heteroatoms. The minimum absolute atomic E-state index is 0.173. The molecular weight excluding hydrogens is 529 g/mol. The summed E-state index contributed by atoms with van der Waals surface area (Å²) in [6.07, 6.45) is 3.13. The van der Waals surface area contributed by atoms with E-state index in [-0.39, 0.29) is 6.54 Å². The highest BCUT2D eigenvalue weighted by molar-refractivity contribution is 9.10. The number of ether oxygens (including phenoxy) is 2. The van der Waals surface area contributed by atoms with Crippen molar-refractivity contribution in [2.24, 2.45) is 5.92 Å². The Kier molecular flexibility index (Phi) is 8.19. The van der Waals surface area contributed by atoms with Gasteiger partial charge in [0, 0.05) is 33.8 Å². The summed E-state index contributed by atoms with van der Waals surface area (Å²) in [6, 6.07) is 5.70. The zero-order valence-electron chi connectivity index (χ0n) is 19.3. The van der Waals surface area contributed by atoms with Crippen molar-refractivity contribution in [1.29, 1.82) is 0 Å². The predicted octanol–water partition coefficient (Wildman–Crippen LogP) is 7.22. The maximum absolute atomic E-state index is 12.4. The van der Waals surface area contributed by atoms with E-state index in [0.717, 1.165) is 26.9 Å². The molecule has 0 radical (unpaired) electrons. The van der Waals surface area contributed by atoms with Crippen LogP contribution in [0.3, 0.4) is 0 Å². The van der Waals surface area contributed by atoms with Gasteiger partial charge in [0.15, 0.2) is 11.4 Å². The third kappa shape index (κ3) is 6.34. The lowest BCUT2D eigenvalue weighted by molar-refractivity contribution is 0.0523. The first-order valence-electron chi connectivity index (χ1n) is 10.6. The normalized spacial score (nSPS) is 11.8. The second-order valence-electron chi connectivity index (χ2n) is 9.13. The maximum atomic E-state index is 12.4. The van der Waals surface area contributed by atoms with Gasteiger partial charge in [-0.05, 0) is 54.2 Å². The van der Waals surface area contributed by atoms with Gasteiger partial charge in [-0.25, -0.2) is 9.78 Å². The second kappa shape index (κ2) is 10.5. The van der Waals surface area contributed by atoms with E-state index >= 15 is 0 Å². The monoisotopic (exact) mass is 555 g/mol. The first-order chi connectivity index (χ1) is 15.5. The van der Waals surface area contributed by atoms with Crippen molar-refractivity contribution < 1.29 is 14.3 Å². The van der Waals surface area contributed by atoms with Gasteiger partial charge in [0.25, 0.3) is 0 Å². The van der Waals surface area contributed by atoms with Crippen LogP contribution in [0, 0.1) is 5.92 Å². The first kappa shape index (κ1) is 25.7. The molecule has 0 atom stereocenters. The number of alkyl halides is 1. The topological polar surface area (TPSA) is 64.9 Å². The summed E-state index contributed by atoms with van der Waals surface area (Å²) in [4.78, 5) is 17.0. The summed E-state index contributed by atoms with van der Waals surface area (Å²) in [6.45, 7) is 10.3. The number of alkyl carbamates (subject to hydrolysis) is 1. The van der Waals surface area contributed by atoms with E-state index in [1.807, 2.05) is 49.6 Å². The van der Waals surface area contributed by atoms with Gasteiger partial charge < -0.3 is 14.8 Å². The van der Waals surface area contributed by atoms with Gasteiger partial charge in [0.05, 0.1) is 19.3 Å². The molecule has 3 aromatic rings. The van der Waals surface area contributed by atoms with Crippen molar-refractivity contribution in [2.75, 3.05) is 6.61 Å². The molecule has 0 fully saturated rings. The van der Waals surface area contributed by atoms with Crippen LogP contribution in [0.1, 0.15) is 45.7 Å². The van der Waals surface area contributed by atoms with Crippen LogP contribution in [0.25, 0.3) is 16.8 Å². The van der Waals surface area contributed by atoms with E-state index in [0.29, 0.717) is 34.8 Å². The van der Waals surface area contributed by atoms with Crippen molar-refractivity contribution in [2.45, 2.75) is 52.6 Å². The highest BCUT2D eigenvalue weighted by Gasteiger charge is 2.23. The molecule has 0 saturated carbocycles. The molecule has 0 aliphatic rings. The molecule has 0 unspecified atom stereocenters. The van der Waals surface area contributed by atoms with Gasteiger partial charge >= 0.3 is 6.09 Å². The van der Waals surface area contributed by atoms with Crippen LogP contribution >= 0.6 is 39.1 Å². The van der Waals surface area contributed by atoms with E-state index in [9.17, 15) is 4.79 Å². The minimum atomic E-state index is -0.609. The van der Waals surface area contributed by atoms with Crippen LogP contribution < -0.4 is 10.1 Å². The van der Waals surface area contributed by atoms with Gasteiger partial charge in [0.2, 0.25) is 0 Å². The number of aromatic nitrogens is 2. The highest BCUT2D eigenvalue weighted by atomic mass is 79.9. The lowest BCUT2D eigenvalue weighted by Gasteiger charge is -2.22. The fraction of sp³-hybridized carbons (Fsp3) is 0.417. The Balaban J connectivity index is 2.17. The summed E-state index contributed by atoms with van der Waals surface area (Å²) >= 11 is 16.2. The molecule has 6 nitrogen and oxygen atoms in total. The molecule has 1 amide bonds.